The molecular formula is C12H13ClO3. The SMILES string of the molecule is CC(C)OC(=O)C1OC1c1ccc(Cl)cc1. The average Bonchev–Trinajstić information content (AvgIpc) is 2.97. The number of rotatable bonds is 3. The average molecular weight is 241 g/mol. The summed E-state index contributed by atoms with van der Waals surface area (Å²) in [4.78, 5) is 11.5. The molecule has 0 spiro atoms. The van der Waals surface area contributed by atoms with Crippen LogP contribution in [0.15, 0.2) is 24.3 Å². The predicted octanol–water partition coefficient (Wildman–Crippen LogP) is 2.73. The van der Waals surface area contributed by atoms with E-state index in [1.54, 1.807) is 12.1 Å². The third kappa shape index (κ3) is 2.54. The molecule has 4 heteroatoms. The Bertz CT molecular complexity index is 386. The Morgan fingerprint density at radius 1 is 1.38 bits per heavy atom. The molecule has 0 N–H and O–H groups in total. The van der Waals surface area contributed by atoms with Crippen molar-refractivity contribution in [2.45, 2.75) is 32.2 Å². The standard InChI is InChI=1S/C12H13ClO3/c1-7(2)15-12(14)11-10(16-11)8-3-5-9(13)6-4-8/h3-7,10-11H,1-2H3. The Morgan fingerprint density at radius 2 is 2.00 bits per heavy atom. The van der Waals surface area contributed by atoms with Crippen molar-refractivity contribution >= 4 is 17.6 Å². The number of esters is 1. The maximum absolute atomic E-state index is 11.5. The zero-order valence-electron chi connectivity index (χ0n) is 9.14. The molecule has 2 rings (SSSR count). The smallest absolute Gasteiger partial charge is 0.338 e. The maximum atomic E-state index is 11.5. The van der Waals surface area contributed by atoms with Gasteiger partial charge in [0, 0.05) is 5.02 Å². The summed E-state index contributed by atoms with van der Waals surface area (Å²) in [6.45, 7) is 3.63. The number of halogens is 1. The van der Waals surface area contributed by atoms with E-state index in [1.807, 2.05) is 26.0 Å². The molecule has 1 heterocycles. The number of carbonyl (C=O) groups is 1. The van der Waals surface area contributed by atoms with E-state index in [0.717, 1.165) is 5.56 Å². The fraction of sp³-hybridized carbons (Fsp3) is 0.417. The predicted molar refractivity (Wildman–Crippen MR) is 60.3 cm³/mol. The van der Waals surface area contributed by atoms with Gasteiger partial charge in [0.15, 0.2) is 6.10 Å². The molecule has 0 saturated carbocycles. The van der Waals surface area contributed by atoms with Crippen LogP contribution >= 0.6 is 11.6 Å². The minimum absolute atomic E-state index is 0.109. The van der Waals surface area contributed by atoms with E-state index in [9.17, 15) is 4.79 Å². The first-order chi connectivity index (χ1) is 7.58. The van der Waals surface area contributed by atoms with Crippen molar-refractivity contribution in [2.24, 2.45) is 0 Å². The monoisotopic (exact) mass is 240 g/mol. The molecule has 1 aliphatic rings. The lowest BCUT2D eigenvalue weighted by atomic mass is 10.1. The molecule has 0 aromatic heterocycles. The third-order valence-electron chi connectivity index (χ3n) is 2.27. The molecule has 3 nitrogen and oxygen atoms in total. The molecule has 1 aromatic rings. The van der Waals surface area contributed by atoms with Crippen LogP contribution in [-0.4, -0.2) is 18.2 Å². The Morgan fingerprint density at radius 3 is 2.56 bits per heavy atom. The lowest BCUT2D eigenvalue weighted by Crippen LogP contribution is -2.17. The summed E-state index contributed by atoms with van der Waals surface area (Å²) in [5, 5.41) is 0.672. The van der Waals surface area contributed by atoms with Gasteiger partial charge in [-0.2, -0.15) is 0 Å². The molecule has 1 fully saturated rings. The van der Waals surface area contributed by atoms with Gasteiger partial charge in [-0.25, -0.2) is 4.79 Å². The summed E-state index contributed by atoms with van der Waals surface area (Å²) in [5.41, 5.74) is 0.954. The Kier molecular flexibility index (Phi) is 3.17. The van der Waals surface area contributed by atoms with Crippen LogP contribution in [0.2, 0.25) is 5.02 Å². The van der Waals surface area contributed by atoms with Crippen LogP contribution < -0.4 is 0 Å². The van der Waals surface area contributed by atoms with Crippen LogP contribution in [0.5, 0.6) is 0 Å². The topological polar surface area (TPSA) is 38.8 Å². The summed E-state index contributed by atoms with van der Waals surface area (Å²) < 4.78 is 10.3. The van der Waals surface area contributed by atoms with Crippen molar-refractivity contribution in [2.75, 3.05) is 0 Å². The first-order valence-corrected chi connectivity index (χ1v) is 5.57. The fourth-order valence-corrected chi connectivity index (χ4v) is 1.62. The highest BCUT2D eigenvalue weighted by molar-refractivity contribution is 6.30. The van der Waals surface area contributed by atoms with Crippen molar-refractivity contribution in [1.82, 2.24) is 0 Å². The van der Waals surface area contributed by atoms with E-state index in [0.29, 0.717) is 5.02 Å². The second kappa shape index (κ2) is 4.44. The molecule has 1 saturated heterocycles. The first kappa shape index (κ1) is 11.4. The van der Waals surface area contributed by atoms with E-state index in [-0.39, 0.29) is 18.2 Å². The zero-order valence-corrected chi connectivity index (χ0v) is 9.90. The van der Waals surface area contributed by atoms with Crippen LogP contribution in [0.25, 0.3) is 0 Å². The Hall–Kier alpha value is -1.06. The fourth-order valence-electron chi connectivity index (χ4n) is 1.50. The molecule has 2 unspecified atom stereocenters. The highest BCUT2D eigenvalue weighted by Crippen LogP contribution is 2.39. The van der Waals surface area contributed by atoms with E-state index in [4.69, 9.17) is 21.1 Å². The van der Waals surface area contributed by atoms with E-state index in [1.165, 1.54) is 0 Å². The number of ether oxygens (including phenoxy) is 2. The lowest BCUT2D eigenvalue weighted by Gasteiger charge is -2.05. The zero-order chi connectivity index (χ0) is 11.7. The highest BCUT2D eigenvalue weighted by Gasteiger charge is 2.47. The van der Waals surface area contributed by atoms with Gasteiger partial charge in [-0.3, -0.25) is 0 Å². The summed E-state index contributed by atoms with van der Waals surface area (Å²) in [6, 6.07) is 7.28. The largest absolute Gasteiger partial charge is 0.461 e. The van der Waals surface area contributed by atoms with E-state index < -0.39 is 6.10 Å². The van der Waals surface area contributed by atoms with Crippen LogP contribution in [0.3, 0.4) is 0 Å². The third-order valence-corrected chi connectivity index (χ3v) is 2.53. The van der Waals surface area contributed by atoms with Crippen molar-refractivity contribution in [3.63, 3.8) is 0 Å². The van der Waals surface area contributed by atoms with Crippen LogP contribution in [0, 0.1) is 0 Å². The summed E-state index contributed by atoms with van der Waals surface area (Å²) >= 11 is 5.77. The van der Waals surface area contributed by atoms with Crippen molar-refractivity contribution in [3.05, 3.63) is 34.9 Å². The van der Waals surface area contributed by atoms with Gasteiger partial charge in [0.25, 0.3) is 0 Å². The number of benzene rings is 1. The first-order valence-electron chi connectivity index (χ1n) is 5.19. The van der Waals surface area contributed by atoms with Crippen LogP contribution in [0.1, 0.15) is 25.5 Å². The molecule has 0 bridgehead atoms. The highest BCUT2D eigenvalue weighted by atomic mass is 35.5. The van der Waals surface area contributed by atoms with Gasteiger partial charge in [-0.1, -0.05) is 23.7 Å². The maximum Gasteiger partial charge on any atom is 0.338 e. The molecule has 2 atom stereocenters. The Labute approximate surface area is 99.3 Å². The molecular weight excluding hydrogens is 228 g/mol. The van der Waals surface area contributed by atoms with Gasteiger partial charge in [0.2, 0.25) is 0 Å². The molecule has 0 amide bonds. The van der Waals surface area contributed by atoms with Gasteiger partial charge < -0.3 is 9.47 Å². The number of hydrogen-bond acceptors (Lipinski definition) is 3. The number of epoxide rings is 1. The van der Waals surface area contributed by atoms with Crippen molar-refractivity contribution in [1.29, 1.82) is 0 Å². The summed E-state index contributed by atoms with van der Waals surface area (Å²) in [6.07, 6.45) is -0.741. The summed E-state index contributed by atoms with van der Waals surface area (Å²) in [5.74, 6) is -0.296. The second-order valence-electron chi connectivity index (χ2n) is 4.01. The van der Waals surface area contributed by atoms with Crippen molar-refractivity contribution in [3.8, 4) is 0 Å². The van der Waals surface area contributed by atoms with Gasteiger partial charge in [-0.15, -0.1) is 0 Å². The quantitative estimate of drug-likeness (QED) is 0.602. The van der Waals surface area contributed by atoms with Gasteiger partial charge in [-0.05, 0) is 31.5 Å². The summed E-state index contributed by atoms with van der Waals surface area (Å²) in [7, 11) is 0. The minimum Gasteiger partial charge on any atom is -0.461 e. The minimum atomic E-state index is -0.455. The van der Waals surface area contributed by atoms with Crippen molar-refractivity contribution < 1.29 is 14.3 Å². The molecule has 0 aliphatic carbocycles. The van der Waals surface area contributed by atoms with E-state index in [2.05, 4.69) is 0 Å². The number of hydrogen-bond donors (Lipinski definition) is 0. The lowest BCUT2D eigenvalue weighted by molar-refractivity contribution is -0.148. The van der Waals surface area contributed by atoms with Crippen LogP contribution in [0.4, 0.5) is 0 Å². The normalized spacial score (nSPS) is 23.2. The number of carbonyl (C=O) groups excluding carboxylic acids is 1. The van der Waals surface area contributed by atoms with E-state index >= 15 is 0 Å². The molecule has 86 valence electrons. The van der Waals surface area contributed by atoms with Gasteiger partial charge in [0.1, 0.15) is 6.10 Å². The Balaban J connectivity index is 1.96. The van der Waals surface area contributed by atoms with Gasteiger partial charge in [0.05, 0.1) is 6.10 Å². The van der Waals surface area contributed by atoms with Crippen LogP contribution in [-0.2, 0) is 14.3 Å². The molecule has 1 aromatic carbocycles. The van der Waals surface area contributed by atoms with Gasteiger partial charge >= 0.3 is 5.97 Å². The molecule has 0 radical (unpaired) electrons. The molecule has 1 aliphatic heterocycles. The second-order valence-corrected chi connectivity index (χ2v) is 4.45. The molecule has 16 heavy (non-hydrogen) atoms.